The maximum atomic E-state index is 13.3. The van der Waals surface area contributed by atoms with Crippen molar-refractivity contribution in [1.82, 2.24) is 9.21 Å². The number of fused-ring (bicyclic) bond motifs is 1. The van der Waals surface area contributed by atoms with Gasteiger partial charge in [0.25, 0.3) is 0 Å². The molecule has 0 spiro atoms. The molecule has 0 radical (unpaired) electrons. The van der Waals surface area contributed by atoms with Crippen LogP contribution in [0.2, 0.25) is 0 Å². The topological polar surface area (TPSA) is 87.2 Å². The van der Waals surface area contributed by atoms with Crippen LogP contribution >= 0.6 is 15.9 Å². The summed E-state index contributed by atoms with van der Waals surface area (Å²) in [5, 5.41) is 9.64. The van der Waals surface area contributed by atoms with E-state index in [2.05, 4.69) is 15.9 Å². The number of halogens is 1. The zero-order chi connectivity index (χ0) is 21.3. The number of amides is 1. The lowest BCUT2D eigenvalue weighted by atomic mass is 9.84. The van der Waals surface area contributed by atoms with Crippen LogP contribution in [0.4, 0.5) is 0 Å². The molecule has 29 heavy (non-hydrogen) atoms. The first-order chi connectivity index (χ1) is 13.6. The van der Waals surface area contributed by atoms with Crippen molar-refractivity contribution in [2.24, 2.45) is 11.8 Å². The van der Waals surface area contributed by atoms with Gasteiger partial charge in [-0.2, -0.15) is 4.31 Å². The van der Waals surface area contributed by atoms with Crippen molar-refractivity contribution in [2.75, 3.05) is 26.7 Å². The zero-order valence-corrected chi connectivity index (χ0v) is 19.4. The molecule has 1 aromatic carbocycles. The number of ether oxygens (including phenoxy) is 1. The standard InChI is InChI=1S/C20H29BrN2O5S/c1-13-10-23(14(2)12-24)29(26,27)19-8-7-16(21)9-17(19)28-18(13)11-22(3)20(25)15-5-4-6-15/h7-9,13-15,18,24H,4-6,10-12H2,1-3H3/t13-,14+,18-/m1/s1. The van der Waals surface area contributed by atoms with E-state index in [4.69, 9.17) is 4.74 Å². The Morgan fingerprint density at radius 1 is 1.41 bits per heavy atom. The fourth-order valence-corrected chi connectivity index (χ4v) is 5.91. The Hall–Kier alpha value is -1.16. The molecule has 0 aromatic heterocycles. The number of aliphatic hydroxyl groups excluding tert-OH is 1. The normalized spacial score (nSPS) is 25.7. The van der Waals surface area contributed by atoms with Crippen molar-refractivity contribution in [2.45, 2.75) is 50.2 Å². The molecule has 0 unspecified atom stereocenters. The van der Waals surface area contributed by atoms with Crippen molar-refractivity contribution in [1.29, 1.82) is 0 Å². The first-order valence-corrected chi connectivity index (χ1v) is 12.2. The second kappa shape index (κ2) is 8.91. The predicted molar refractivity (Wildman–Crippen MR) is 113 cm³/mol. The van der Waals surface area contributed by atoms with Gasteiger partial charge < -0.3 is 14.7 Å². The molecule has 1 amide bonds. The Morgan fingerprint density at radius 3 is 2.69 bits per heavy atom. The van der Waals surface area contributed by atoms with Crippen LogP contribution < -0.4 is 4.74 Å². The van der Waals surface area contributed by atoms with Crippen molar-refractivity contribution in [3.63, 3.8) is 0 Å². The minimum absolute atomic E-state index is 0.0749. The fourth-order valence-electron chi connectivity index (χ4n) is 3.74. The van der Waals surface area contributed by atoms with Gasteiger partial charge in [0.2, 0.25) is 15.9 Å². The first kappa shape index (κ1) is 22.5. The van der Waals surface area contributed by atoms with Crippen LogP contribution in [-0.4, -0.2) is 67.5 Å². The summed E-state index contributed by atoms with van der Waals surface area (Å²) in [6.45, 7) is 3.91. The summed E-state index contributed by atoms with van der Waals surface area (Å²) in [6.07, 6.45) is 2.58. The summed E-state index contributed by atoms with van der Waals surface area (Å²) < 4.78 is 34.8. The number of hydrogen-bond acceptors (Lipinski definition) is 5. The Bertz CT molecular complexity index is 858. The van der Waals surface area contributed by atoms with Gasteiger partial charge in [-0.1, -0.05) is 29.3 Å². The SMILES string of the molecule is C[C@@H]1CN([C@@H](C)CO)S(=O)(=O)c2ccc(Br)cc2O[C@@H]1CN(C)C(=O)C1CCC1. The van der Waals surface area contributed by atoms with Gasteiger partial charge >= 0.3 is 0 Å². The summed E-state index contributed by atoms with van der Waals surface area (Å²) in [4.78, 5) is 14.4. The van der Waals surface area contributed by atoms with E-state index >= 15 is 0 Å². The molecule has 1 heterocycles. The van der Waals surface area contributed by atoms with Gasteiger partial charge in [-0.3, -0.25) is 4.79 Å². The molecule has 7 nitrogen and oxygen atoms in total. The molecule has 9 heteroatoms. The van der Waals surface area contributed by atoms with Crippen molar-refractivity contribution < 1.29 is 23.1 Å². The van der Waals surface area contributed by atoms with Crippen LogP contribution in [0.1, 0.15) is 33.1 Å². The smallest absolute Gasteiger partial charge is 0.247 e. The predicted octanol–water partition coefficient (Wildman–Crippen LogP) is 2.48. The number of likely N-dealkylation sites (N-methyl/N-ethyl adjacent to an activating group) is 1. The maximum absolute atomic E-state index is 13.3. The number of carbonyl (C=O) groups excluding carboxylic acids is 1. The Morgan fingerprint density at radius 2 is 2.10 bits per heavy atom. The minimum atomic E-state index is -3.83. The highest BCUT2D eigenvalue weighted by Crippen LogP contribution is 2.35. The van der Waals surface area contributed by atoms with E-state index in [1.807, 2.05) is 6.92 Å². The molecule has 1 aliphatic heterocycles. The number of hydrogen-bond donors (Lipinski definition) is 1. The van der Waals surface area contributed by atoms with Gasteiger partial charge in [0.15, 0.2) is 0 Å². The number of rotatable bonds is 5. The lowest BCUT2D eigenvalue weighted by molar-refractivity contribution is -0.138. The van der Waals surface area contributed by atoms with Crippen molar-refractivity contribution in [3.8, 4) is 5.75 Å². The Labute approximate surface area is 181 Å². The number of aliphatic hydroxyl groups is 1. The van der Waals surface area contributed by atoms with E-state index in [-0.39, 0.29) is 47.6 Å². The third-order valence-corrected chi connectivity index (χ3v) is 8.43. The molecule has 3 atom stereocenters. The maximum Gasteiger partial charge on any atom is 0.247 e. The molecule has 1 N–H and O–H groups in total. The highest BCUT2D eigenvalue weighted by molar-refractivity contribution is 9.10. The molecule has 3 rings (SSSR count). The molecule has 1 aromatic rings. The lowest BCUT2D eigenvalue weighted by Crippen LogP contribution is -2.50. The zero-order valence-electron chi connectivity index (χ0n) is 17.0. The van der Waals surface area contributed by atoms with Crippen LogP contribution in [0, 0.1) is 11.8 Å². The van der Waals surface area contributed by atoms with Gasteiger partial charge in [0, 0.05) is 35.9 Å². The largest absolute Gasteiger partial charge is 0.487 e. The highest BCUT2D eigenvalue weighted by atomic mass is 79.9. The fraction of sp³-hybridized carbons (Fsp3) is 0.650. The Kier molecular flexibility index (Phi) is 6.92. The van der Waals surface area contributed by atoms with E-state index < -0.39 is 16.1 Å². The third-order valence-electron chi connectivity index (χ3n) is 5.91. The highest BCUT2D eigenvalue weighted by Gasteiger charge is 2.39. The summed E-state index contributed by atoms with van der Waals surface area (Å²) in [5.41, 5.74) is 0. The number of carbonyl (C=O) groups is 1. The van der Waals surface area contributed by atoms with Crippen LogP contribution in [0.5, 0.6) is 5.75 Å². The summed E-state index contributed by atoms with van der Waals surface area (Å²) >= 11 is 3.38. The van der Waals surface area contributed by atoms with E-state index in [0.29, 0.717) is 11.0 Å². The van der Waals surface area contributed by atoms with E-state index in [1.54, 1.807) is 31.0 Å². The van der Waals surface area contributed by atoms with Gasteiger partial charge in [-0.15, -0.1) is 0 Å². The van der Waals surface area contributed by atoms with Gasteiger partial charge in [-0.25, -0.2) is 8.42 Å². The molecule has 0 saturated heterocycles. The second-order valence-electron chi connectivity index (χ2n) is 8.18. The molecular weight excluding hydrogens is 460 g/mol. The first-order valence-electron chi connectivity index (χ1n) is 9.99. The molecule has 1 saturated carbocycles. The average Bonchev–Trinajstić information content (AvgIpc) is 2.62. The molecule has 2 aliphatic rings. The molecular formula is C20H29BrN2O5S. The summed E-state index contributed by atoms with van der Waals surface area (Å²) in [5.74, 6) is 0.298. The number of nitrogens with zero attached hydrogens (tertiary/aromatic N) is 2. The molecule has 1 aliphatic carbocycles. The Balaban J connectivity index is 1.95. The second-order valence-corrected chi connectivity index (χ2v) is 11.0. The average molecular weight is 489 g/mol. The monoisotopic (exact) mass is 488 g/mol. The van der Waals surface area contributed by atoms with Crippen molar-refractivity contribution in [3.05, 3.63) is 22.7 Å². The molecule has 162 valence electrons. The van der Waals surface area contributed by atoms with E-state index in [9.17, 15) is 18.3 Å². The quantitative estimate of drug-likeness (QED) is 0.687. The number of benzene rings is 1. The summed E-state index contributed by atoms with van der Waals surface area (Å²) in [6, 6.07) is 4.26. The van der Waals surface area contributed by atoms with Crippen LogP contribution in [-0.2, 0) is 14.8 Å². The van der Waals surface area contributed by atoms with Gasteiger partial charge in [0.05, 0.1) is 13.2 Å². The lowest BCUT2D eigenvalue weighted by Gasteiger charge is -2.38. The van der Waals surface area contributed by atoms with E-state index in [0.717, 1.165) is 19.3 Å². The molecule has 1 fully saturated rings. The van der Waals surface area contributed by atoms with Crippen LogP contribution in [0.15, 0.2) is 27.6 Å². The van der Waals surface area contributed by atoms with Crippen LogP contribution in [0.3, 0.4) is 0 Å². The summed E-state index contributed by atoms with van der Waals surface area (Å²) in [7, 11) is -2.05. The van der Waals surface area contributed by atoms with E-state index in [1.165, 1.54) is 10.4 Å². The minimum Gasteiger partial charge on any atom is -0.487 e. The van der Waals surface area contributed by atoms with Gasteiger partial charge in [0.1, 0.15) is 16.7 Å². The van der Waals surface area contributed by atoms with Crippen LogP contribution in [0.25, 0.3) is 0 Å². The third kappa shape index (κ3) is 4.62. The van der Waals surface area contributed by atoms with Gasteiger partial charge in [-0.05, 0) is 38.0 Å². The number of sulfonamides is 1. The molecule has 0 bridgehead atoms. The van der Waals surface area contributed by atoms with Crippen molar-refractivity contribution >= 4 is 31.9 Å².